The van der Waals surface area contributed by atoms with Crippen LogP contribution < -0.4 is 5.32 Å². The Hall–Kier alpha value is -0.633. The zero-order valence-corrected chi connectivity index (χ0v) is 11.6. The summed E-state index contributed by atoms with van der Waals surface area (Å²) in [4.78, 5) is 37.5. The number of aliphatic hydroxyl groups is 5. The van der Waals surface area contributed by atoms with Gasteiger partial charge in [-0.1, -0.05) is 0 Å². The van der Waals surface area contributed by atoms with Crippen LogP contribution in [0.1, 0.15) is 6.42 Å². The molecule has 9 N–H and O–H groups in total. The van der Waals surface area contributed by atoms with Crippen LogP contribution in [0, 0.1) is 0 Å². The van der Waals surface area contributed by atoms with Crippen LogP contribution in [0.3, 0.4) is 0 Å². The monoisotopic (exact) mass is 315 g/mol. The lowest BCUT2D eigenvalue weighted by Crippen LogP contribution is -2.51. The summed E-state index contributed by atoms with van der Waals surface area (Å²) in [6, 6.07) is -0.308. The Kier molecular flexibility index (Phi) is 8.34. The summed E-state index contributed by atoms with van der Waals surface area (Å²) in [6.45, 7) is -0.958. The smallest absolute Gasteiger partial charge is 0.394 e. The molecule has 0 saturated heterocycles. The predicted molar refractivity (Wildman–Crippen MR) is 66.0 cm³/mol. The third kappa shape index (κ3) is 7.23. The van der Waals surface area contributed by atoms with Gasteiger partial charge in [0.1, 0.15) is 18.3 Å². The molecule has 0 unspecified atom stereocenters. The molecule has 120 valence electrons. The maximum atomic E-state index is 11.4. The molecule has 0 fully saturated rings. The number of hydrogen-bond acceptors (Lipinski definition) is 9. The van der Waals surface area contributed by atoms with Crippen molar-refractivity contribution in [1.29, 1.82) is 0 Å². The van der Waals surface area contributed by atoms with Crippen LogP contribution >= 0.6 is 0 Å². The highest BCUT2D eigenvalue weighted by Crippen LogP contribution is 2.06. The molecule has 0 aromatic rings. The SMILES string of the molecule is O=C(NCCC[Si](O)(O)O)[C@H](O)[C@@H](O)[C@H](O)[C@H](O)CO. The van der Waals surface area contributed by atoms with Crippen LogP contribution in [-0.2, 0) is 4.79 Å². The molecule has 0 spiro atoms. The van der Waals surface area contributed by atoms with E-state index in [-0.39, 0.29) is 19.0 Å². The lowest BCUT2D eigenvalue weighted by Gasteiger charge is -2.24. The van der Waals surface area contributed by atoms with E-state index in [4.69, 9.17) is 24.6 Å². The van der Waals surface area contributed by atoms with Crippen molar-refractivity contribution in [2.24, 2.45) is 0 Å². The van der Waals surface area contributed by atoms with Crippen LogP contribution in [0.5, 0.6) is 0 Å². The molecule has 20 heavy (non-hydrogen) atoms. The number of aliphatic hydroxyl groups excluding tert-OH is 5. The Morgan fingerprint density at radius 1 is 1.05 bits per heavy atom. The van der Waals surface area contributed by atoms with Gasteiger partial charge in [-0.15, -0.1) is 0 Å². The number of carbonyl (C=O) groups excluding carboxylic acids is 1. The van der Waals surface area contributed by atoms with E-state index in [1.165, 1.54) is 0 Å². The van der Waals surface area contributed by atoms with Gasteiger partial charge in [-0.25, -0.2) is 0 Å². The van der Waals surface area contributed by atoms with Gasteiger partial charge < -0.3 is 45.2 Å². The van der Waals surface area contributed by atoms with Gasteiger partial charge in [-0.2, -0.15) is 0 Å². The highest BCUT2D eigenvalue weighted by Gasteiger charge is 2.34. The first kappa shape index (κ1) is 19.4. The molecule has 0 aromatic heterocycles. The Morgan fingerprint density at radius 3 is 2.05 bits per heavy atom. The molecule has 11 heteroatoms. The largest absolute Gasteiger partial charge is 0.492 e. The maximum Gasteiger partial charge on any atom is 0.492 e. The summed E-state index contributed by atoms with van der Waals surface area (Å²) in [5, 5.41) is 47.8. The normalized spacial score (nSPS) is 18.2. The Labute approximate surface area is 115 Å². The van der Waals surface area contributed by atoms with Gasteiger partial charge in [0.2, 0.25) is 0 Å². The van der Waals surface area contributed by atoms with E-state index >= 15 is 0 Å². The number of nitrogens with one attached hydrogen (secondary N) is 1. The Morgan fingerprint density at radius 2 is 1.60 bits per heavy atom. The highest BCUT2D eigenvalue weighted by atomic mass is 28.4. The zero-order valence-electron chi connectivity index (χ0n) is 10.6. The van der Waals surface area contributed by atoms with Gasteiger partial charge in [0, 0.05) is 12.6 Å². The molecular formula is C9H21NO9Si. The first-order valence-corrected chi connectivity index (χ1v) is 7.93. The van der Waals surface area contributed by atoms with E-state index in [0.29, 0.717) is 0 Å². The van der Waals surface area contributed by atoms with Crippen molar-refractivity contribution in [2.75, 3.05) is 13.2 Å². The zero-order chi connectivity index (χ0) is 15.9. The highest BCUT2D eigenvalue weighted by molar-refractivity contribution is 6.56. The van der Waals surface area contributed by atoms with E-state index in [2.05, 4.69) is 5.32 Å². The second kappa shape index (κ2) is 8.61. The van der Waals surface area contributed by atoms with Gasteiger partial charge in [0.15, 0.2) is 6.10 Å². The average molecular weight is 315 g/mol. The summed E-state index contributed by atoms with van der Waals surface area (Å²) in [5.74, 6) is -1.05. The molecule has 0 heterocycles. The van der Waals surface area contributed by atoms with E-state index in [9.17, 15) is 20.1 Å². The van der Waals surface area contributed by atoms with E-state index in [1.807, 2.05) is 0 Å². The topological polar surface area (TPSA) is 191 Å². The molecule has 0 radical (unpaired) electrons. The summed E-state index contributed by atoms with van der Waals surface area (Å²) in [7, 11) is -4.18. The lowest BCUT2D eigenvalue weighted by molar-refractivity contribution is -0.148. The summed E-state index contributed by atoms with van der Waals surface area (Å²) in [5.41, 5.74) is 0. The van der Waals surface area contributed by atoms with Gasteiger partial charge in [0.05, 0.1) is 6.61 Å². The molecule has 0 aliphatic heterocycles. The third-order valence-electron chi connectivity index (χ3n) is 2.51. The molecule has 10 nitrogen and oxygen atoms in total. The van der Waals surface area contributed by atoms with Crippen LogP contribution in [0.4, 0.5) is 0 Å². The fourth-order valence-corrected chi connectivity index (χ4v) is 1.97. The molecule has 0 aliphatic carbocycles. The molecule has 0 saturated carbocycles. The van der Waals surface area contributed by atoms with E-state index < -0.39 is 45.7 Å². The first-order chi connectivity index (χ1) is 9.10. The Balaban J connectivity index is 4.14. The van der Waals surface area contributed by atoms with Crippen LogP contribution in [0.15, 0.2) is 0 Å². The second-order valence-electron chi connectivity index (χ2n) is 4.34. The van der Waals surface area contributed by atoms with Crippen molar-refractivity contribution in [3.05, 3.63) is 0 Å². The van der Waals surface area contributed by atoms with Gasteiger partial charge >= 0.3 is 8.80 Å². The average Bonchev–Trinajstić information content (AvgIpc) is 2.38. The number of hydrogen-bond donors (Lipinski definition) is 9. The first-order valence-electron chi connectivity index (χ1n) is 5.88. The van der Waals surface area contributed by atoms with Crippen LogP contribution in [0.2, 0.25) is 6.04 Å². The van der Waals surface area contributed by atoms with Crippen molar-refractivity contribution < 1.29 is 44.7 Å². The fraction of sp³-hybridized carbons (Fsp3) is 0.889. The molecule has 0 rings (SSSR count). The van der Waals surface area contributed by atoms with Gasteiger partial charge in [-0.3, -0.25) is 4.79 Å². The van der Waals surface area contributed by atoms with Crippen LogP contribution in [0.25, 0.3) is 0 Å². The van der Waals surface area contributed by atoms with Crippen molar-refractivity contribution in [3.63, 3.8) is 0 Å². The van der Waals surface area contributed by atoms with Crippen molar-refractivity contribution in [2.45, 2.75) is 36.9 Å². The molecule has 0 aliphatic rings. The Bertz CT molecular complexity index is 298. The molecule has 4 atom stereocenters. The minimum Gasteiger partial charge on any atom is -0.394 e. The number of rotatable bonds is 9. The standard InChI is InChI=1S/C9H21NO9Si/c11-4-5(12)6(13)7(14)8(15)9(16)10-2-1-3-20(17,18)19/h5-8,11-15,17-19H,1-4H2,(H,10,16)/t5-,6-,7+,8-/m1/s1. The van der Waals surface area contributed by atoms with Gasteiger partial charge in [-0.05, 0) is 6.42 Å². The summed E-state index contributed by atoms with van der Waals surface area (Å²) in [6.07, 6.45) is -7.62. The van der Waals surface area contributed by atoms with Gasteiger partial charge in [0.25, 0.3) is 5.91 Å². The van der Waals surface area contributed by atoms with E-state index in [0.717, 1.165) is 0 Å². The third-order valence-corrected chi connectivity index (χ3v) is 3.54. The molecule has 0 bridgehead atoms. The number of amides is 1. The van der Waals surface area contributed by atoms with E-state index in [1.54, 1.807) is 0 Å². The summed E-state index contributed by atoms with van der Waals surface area (Å²) < 4.78 is 0. The predicted octanol–water partition coefficient (Wildman–Crippen LogP) is -5.16. The molecular weight excluding hydrogens is 294 g/mol. The second-order valence-corrected chi connectivity index (χ2v) is 6.39. The van der Waals surface area contributed by atoms with Crippen molar-refractivity contribution >= 4 is 14.7 Å². The molecule has 1 amide bonds. The van der Waals surface area contributed by atoms with Crippen LogP contribution in [-0.4, -0.2) is 92.2 Å². The van der Waals surface area contributed by atoms with Crippen molar-refractivity contribution in [1.82, 2.24) is 5.32 Å². The molecule has 0 aromatic carbocycles. The minimum atomic E-state index is -4.18. The fourth-order valence-electron chi connectivity index (χ4n) is 1.32. The maximum absolute atomic E-state index is 11.4. The minimum absolute atomic E-state index is 0.0338. The summed E-state index contributed by atoms with van der Waals surface area (Å²) >= 11 is 0. The number of carbonyl (C=O) groups is 1. The van der Waals surface area contributed by atoms with Crippen molar-refractivity contribution in [3.8, 4) is 0 Å². The quantitative estimate of drug-likeness (QED) is 0.148. The lowest BCUT2D eigenvalue weighted by atomic mass is 10.0.